The van der Waals surface area contributed by atoms with Gasteiger partial charge in [-0.2, -0.15) is 19.7 Å². The van der Waals surface area contributed by atoms with Crippen LogP contribution in [-0.2, 0) is 10.0 Å². The topological polar surface area (TPSA) is 137 Å². The molecule has 2 heterocycles. The zero-order chi connectivity index (χ0) is 20.1. The molecule has 0 bridgehead atoms. The summed E-state index contributed by atoms with van der Waals surface area (Å²) >= 11 is 2.21. The minimum atomic E-state index is -3.40. The molecule has 0 spiro atoms. The van der Waals surface area contributed by atoms with E-state index in [1.54, 1.807) is 47.8 Å². The van der Waals surface area contributed by atoms with Crippen LogP contribution in [0.2, 0.25) is 0 Å². The molecule has 2 aromatic heterocycles. The normalized spacial score (nSPS) is 11.6. The van der Waals surface area contributed by atoms with E-state index < -0.39 is 15.8 Å². The van der Waals surface area contributed by atoms with Crippen LogP contribution in [0.3, 0.4) is 0 Å². The number of hydrogen-bond acceptors (Lipinski definition) is 10. The average molecular weight is 433 g/mol. The molecule has 0 aliphatic heterocycles. The molecule has 1 aromatic carbocycles. The number of carbonyl (C=O) groups is 1. The Kier molecular flexibility index (Phi) is 5.78. The quantitative estimate of drug-likeness (QED) is 0.333. The first-order chi connectivity index (χ1) is 13.4. The third kappa shape index (κ3) is 4.97. The van der Waals surface area contributed by atoms with Gasteiger partial charge < -0.3 is 0 Å². The van der Waals surface area contributed by atoms with Gasteiger partial charge in [0.25, 0.3) is 0 Å². The van der Waals surface area contributed by atoms with E-state index in [0.29, 0.717) is 22.0 Å². The molecule has 0 amide bonds. The Balaban J connectivity index is 1.76. The smallest absolute Gasteiger partial charge is 0.233 e. The van der Waals surface area contributed by atoms with Crippen LogP contribution in [0.4, 0.5) is 10.8 Å². The molecule has 0 saturated carbocycles. The van der Waals surface area contributed by atoms with Crippen molar-refractivity contribution >= 4 is 55.2 Å². The highest BCUT2D eigenvalue weighted by Crippen LogP contribution is 2.24. The van der Waals surface area contributed by atoms with E-state index >= 15 is 0 Å². The number of hydrazone groups is 1. The van der Waals surface area contributed by atoms with Crippen molar-refractivity contribution in [3.63, 3.8) is 0 Å². The summed E-state index contributed by atoms with van der Waals surface area (Å²) in [4.78, 5) is 16.8. The Morgan fingerprint density at radius 1 is 1.29 bits per heavy atom. The van der Waals surface area contributed by atoms with Crippen LogP contribution in [0.5, 0.6) is 0 Å². The van der Waals surface area contributed by atoms with Gasteiger partial charge in [-0.05, 0) is 23.6 Å². The van der Waals surface area contributed by atoms with Gasteiger partial charge in [0.2, 0.25) is 26.6 Å². The molecule has 28 heavy (non-hydrogen) atoms. The summed E-state index contributed by atoms with van der Waals surface area (Å²) < 4.78 is 29.3. The minimum absolute atomic E-state index is 0.281. The van der Waals surface area contributed by atoms with E-state index in [1.807, 2.05) is 0 Å². The predicted molar refractivity (Wildman–Crippen MR) is 109 cm³/mol. The second-order valence-electron chi connectivity index (χ2n) is 5.37. The molecule has 0 aliphatic carbocycles. The number of thiophene rings is 1. The molecule has 142 valence electrons. The fourth-order valence-electron chi connectivity index (χ4n) is 2.08. The van der Waals surface area contributed by atoms with Crippen LogP contribution in [0.25, 0.3) is 11.4 Å². The molecule has 0 aliphatic rings. The average Bonchev–Trinajstić information content (AvgIpc) is 3.33. The van der Waals surface area contributed by atoms with Crippen molar-refractivity contribution in [2.45, 2.75) is 0 Å². The third-order valence-corrected chi connectivity index (χ3v) is 5.27. The molecule has 3 rings (SSSR count). The molecule has 2 N–H and O–H groups in total. The highest BCUT2D eigenvalue weighted by molar-refractivity contribution is 7.92. The number of aromatic nitrogens is 2. The SMILES string of the molecule is CS(=O)(=O)Nc1cccc(-c2nsc(N/N=C(/C#N)C(=O)c3cccs3)n2)c1. The van der Waals surface area contributed by atoms with Crippen molar-refractivity contribution in [3.8, 4) is 17.5 Å². The Labute approximate surface area is 168 Å². The molecule has 0 atom stereocenters. The second-order valence-corrected chi connectivity index (χ2v) is 8.82. The number of sulfonamides is 1. The Bertz CT molecular complexity index is 1180. The molecule has 9 nitrogen and oxygen atoms in total. The number of ketones is 1. The van der Waals surface area contributed by atoms with Gasteiger partial charge in [0.1, 0.15) is 6.07 Å². The zero-order valence-electron chi connectivity index (χ0n) is 14.3. The van der Waals surface area contributed by atoms with E-state index in [2.05, 4.69) is 24.6 Å². The van der Waals surface area contributed by atoms with Crippen molar-refractivity contribution in [1.29, 1.82) is 5.26 Å². The molecule has 0 fully saturated rings. The van der Waals surface area contributed by atoms with Crippen LogP contribution in [0.15, 0.2) is 46.9 Å². The minimum Gasteiger partial charge on any atom is -0.285 e. The zero-order valence-corrected chi connectivity index (χ0v) is 16.7. The fourth-order valence-corrected chi connectivity index (χ4v) is 3.83. The van der Waals surface area contributed by atoms with Crippen LogP contribution < -0.4 is 10.1 Å². The molecule has 12 heteroatoms. The summed E-state index contributed by atoms with van der Waals surface area (Å²) in [7, 11) is -3.40. The van der Waals surface area contributed by atoms with Crippen molar-refractivity contribution in [3.05, 3.63) is 46.7 Å². The maximum absolute atomic E-state index is 12.2. The van der Waals surface area contributed by atoms with Gasteiger partial charge in [0.05, 0.1) is 11.1 Å². The number of nitrogens with zero attached hydrogens (tertiary/aromatic N) is 4. The molecular weight excluding hydrogens is 420 g/mol. The van der Waals surface area contributed by atoms with Crippen LogP contribution in [-0.4, -0.2) is 35.5 Å². The van der Waals surface area contributed by atoms with Gasteiger partial charge >= 0.3 is 0 Å². The first-order valence-corrected chi connectivity index (χ1v) is 11.1. The van der Waals surface area contributed by atoms with E-state index in [4.69, 9.17) is 5.26 Å². The van der Waals surface area contributed by atoms with Gasteiger partial charge in [-0.1, -0.05) is 18.2 Å². The number of nitriles is 1. The van der Waals surface area contributed by atoms with Gasteiger partial charge in [0.15, 0.2) is 5.82 Å². The lowest BCUT2D eigenvalue weighted by Gasteiger charge is -2.04. The van der Waals surface area contributed by atoms with Gasteiger partial charge in [-0.15, -0.1) is 11.3 Å². The lowest BCUT2D eigenvalue weighted by molar-refractivity contribution is 0.107. The molecular formula is C16H12N6O3S3. The summed E-state index contributed by atoms with van der Waals surface area (Å²) in [5, 5.41) is 15.0. The lowest BCUT2D eigenvalue weighted by Crippen LogP contribution is -2.12. The van der Waals surface area contributed by atoms with Crippen molar-refractivity contribution < 1.29 is 13.2 Å². The van der Waals surface area contributed by atoms with Crippen LogP contribution in [0, 0.1) is 11.3 Å². The summed E-state index contributed by atoms with van der Waals surface area (Å²) in [6.07, 6.45) is 1.06. The van der Waals surface area contributed by atoms with E-state index in [1.165, 1.54) is 11.3 Å². The number of hydrogen-bond donors (Lipinski definition) is 2. The highest BCUT2D eigenvalue weighted by Gasteiger charge is 2.15. The number of rotatable bonds is 7. The van der Waals surface area contributed by atoms with E-state index in [0.717, 1.165) is 17.8 Å². The first-order valence-electron chi connectivity index (χ1n) is 7.59. The predicted octanol–water partition coefficient (Wildman–Crippen LogP) is 2.81. The Morgan fingerprint density at radius 3 is 2.79 bits per heavy atom. The van der Waals surface area contributed by atoms with Crippen molar-refractivity contribution in [2.75, 3.05) is 16.4 Å². The molecule has 0 saturated heterocycles. The first kappa shape index (κ1) is 19.6. The van der Waals surface area contributed by atoms with Crippen LogP contribution in [0.1, 0.15) is 9.67 Å². The largest absolute Gasteiger partial charge is 0.285 e. The summed E-state index contributed by atoms with van der Waals surface area (Å²) in [5.74, 6) is -0.128. The van der Waals surface area contributed by atoms with Gasteiger partial charge in [-0.25, -0.2) is 13.8 Å². The number of benzene rings is 1. The Hall–Kier alpha value is -3.14. The second kappa shape index (κ2) is 8.26. The summed E-state index contributed by atoms with van der Waals surface area (Å²) in [6, 6.07) is 11.7. The maximum Gasteiger partial charge on any atom is 0.233 e. The van der Waals surface area contributed by atoms with Crippen LogP contribution >= 0.6 is 22.9 Å². The van der Waals surface area contributed by atoms with Gasteiger partial charge in [0, 0.05) is 22.8 Å². The number of carbonyl (C=O) groups excluding carboxylic acids is 1. The van der Waals surface area contributed by atoms with Crippen molar-refractivity contribution in [2.24, 2.45) is 5.10 Å². The lowest BCUT2D eigenvalue weighted by atomic mass is 10.2. The number of anilines is 2. The van der Waals surface area contributed by atoms with E-state index in [9.17, 15) is 13.2 Å². The maximum atomic E-state index is 12.2. The molecule has 0 unspecified atom stereocenters. The monoisotopic (exact) mass is 432 g/mol. The van der Waals surface area contributed by atoms with Gasteiger partial charge in [-0.3, -0.25) is 9.52 Å². The summed E-state index contributed by atoms with van der Waals surface area (Å²) in [5.41, 5.74) is 3.25. The molecule has 3 aromatic rings. The number of nitrogens with one attached hydrogen (secondary N) is 2. The fraction of sp³-hybridized carbons (Fsp3) is 0.0625. The van der Waals surface area contributed by atoms with E-state index in [-0.39, 0.29) is 10.8 Å². The highest BCUT2D eigenvalue weighted by atomic mass is 32.2. The number of Topliss-reactive ketones (excluding diaryl/α,β-unsaturated/α-hetero) is 1. The summed E-state index contributed by atoms with van der Waals surface area (Å²) in [6.45, 7) is 0. The standard InChI is InChI=1S/C16H12N6O3S3/c1-28(24,25)22-11-5-2-4-10(8-11)15-18-16(27-21-15)20-19-12(9-17)14(23)13-6-3-7-26-13/h2-8,22H,1H3,(H,18,20,21)/b19-12-. The molecule has 0 radical (unpaired) electrons. The Morgan fingerprint density at radius 2 is 2.11 bits per heavy atom. The van der Waals surface area contributed by atoms with Crippen molar-refractivity contribution in [1.82, 2.24) is 9.36 Å². The third-order valence-electron chi connectivity index (χ3n) is 3.18.